The van der Waals surface area contributed by atoms with Gasteiger partial charge in [-0.3, -0.25) is 0 Å². The van der Waals surface area contributed by atoms with Gasteiger partial charge in [-0.1, -0.05) is 52.4 Å². The van der Waals surface area contributed by atoms with E-state index in [4.69, 9.17) is 0 Å². The SMILES string of the molecule is CC(C)(C)c1c[c-]cc(C(C)(C)C)c1.[Li+]. The van der Waals surface area contributed by atoms with Crippen molar-refractivity contribution in [2.75, 3.05) is 0 Å². The van der Waals surface area contributed by atoms with Crippen molar-refractivity contribution in [1.82, 2.24) is 0 Å². The minimum Gasteiger partial charge on any atom is -0.183 e. The van der Waals surface area contributed by atoms with Gasteiger partial charge < -0.3 is 0 Å². The third-order valence-corrected chi connectivity index (χ3v) is 2.52. The van der Waals surface area contributed by atoms with E-state index in [0.717, 1.165) is 0 Å². The van der Waals surface area contributed by atoms with Gasteiger partial charge in [-0.05, 0) is 0 Å². The predicted molar refractivity (Wildman–Crippen MR) is 62.7 cm³/mol. The smallest absolute Gasteiger partial charge is 0.183 e. The van der Waals surface area contributed by atoms with Gasteiger partial charge in [0.05, 0.1) is 0 Å². The average molecular weight is 196 g/mol. The van der Waals surface area contributed by atoms with Crippen molar-refractivity contribution in [2.45, 2.75) is 52.4 Å². The second kappa shape index (κ2) is 4.77. The van der Waals surface area contributed by atoms with Crippen LogP contribution in [0.4, 0.5) is 0 Å². The van der Waals surface area contributed by atoms with E-state index in [1.165, 1.54) is 11.1 Å². The molecule has 1 heteroatoms. The van der Waals surface area contributed by atoms with Crippen LogP contribution < -0.4 is 18.9 Å². The molecule has 78 valence electrons. The molecule has 0 aliphatic rings. The van der Waals surface area contributed by atoms with Crippen molar-refractivity contribution in [3.63, 3.8) is 0 Å². The summed E-state index contributed by atoms with van der Waals surface area (Å²) in [6.07, 6.45) is 0. The fourth-order valence-electron chi connectivity index (χ4n) is 1.34. The summed E-state index contributed by atoms with van der Waals surface area (Å²) in [4.78, 5) is 0. The summed E-state index contributed by atoms with van der Waals surface area (Å²) in [7, 11) is 0. The summed E-state index contributed by atoms with van der Waals surface area (Å²) in [6, 6.07) is 9.73. The first-order valence-corrected chi connectivity index (χ1v) is 5.23. The van der Waals surface area contributed by atoms with E-state index < -0.39 is 0 Å². The first-order chi connectivity index (χ1) is 6.21. The zero-order valence-corrected chi connectivity index (χ0v) is 11.2. The van der Waals surface area contributed by atoms with Crippen LogP contribution in [-0.4, -0.2) is 0 Å². The standard InChI is InChI=1S/C14H21.Li/c1-13(2,3)11-8-7-9-12(10-11)14(4,5)6;/h8-10H,1-6H3;/q-1;+1. The van der Waals surface area contributed by atoms with E-state index in [1.54, 1.807) is 0 Å². The monoisotopic (exact) mass is 196 g/mol. The van der Waals surface area contributed by atoms with Gasteiger partial charge in [0.25, 0.3) is 0 Å². The van der Waals surface area contributed by atoms with E-state index in [1.807, 2.05) is 0 Å². The van der Waals surface area contributed by atoms with Gasteiger partial charge in [0.2, 0.25) is 0 Å². The third-order valence-electron chi connectivity index (χ3n) is 2.52. The minimum absolute atomic E-state index is 0. The maximum atomic E-state index is 3.24. The fraction of sp³-hybridized carbons (Fsp3) is 0.571. The molecule has 0 radical (unpaired) electrons. The summed E-state index contributed by atoms with van der Waals surface area (Å²) in [6.45, 7) is 13.4. The molecule has 0 amide bonds. The molecule has 1 aromatic carbocycles. The zero-order valence-electron chi connectivity index (χ0n) is 11.2. The van der Waals surface area contributed by atoms with Crippen LogP contribution in [0.1, 0.15) is 52.7 Å². The Balaban J connectivity index is 0.00000196. The Morgan fingerprint density at radius 1 is 0.800 bits per heavy atom. The van der Waals surface area contributed by atoms with Crippen molar-refractivity contribution in [3.8, 4) is 0 Å². The summed E-state index contributed by atoms with van der Waals surface area (Å²) in [5.74, 6) is 0. The van der Waals surface area contributed by atoms with Gasteiger partial charge in [0, 0.05) is 0 Å². The average Bonchev–Trinajstić information content (AvgIpc) is 2.01. The van der Waals surface area contributed by atoms with Crippen LogP contribution >= 0.6 is 0 Å². The van der Waals surface area contributed by atoms with Gasteiger partial charge in [-0.15, -0.1) is 0 Å². The largest absolute Gasteiger partial charge is 1.00 e. The Kier molecular flexibility index (Phi) is 4.71. The molecule has 0 saturated carbocycles. The summed E-state index contributed by atoms with van der Waals surface area (Å²) in [5, 5.41) is 0. The molecule has 0 aliphatic carbocycles. The maximum absolute atomic E-state index is 3.24. The Labute approximate surface area is 107 Å². The van der Waals surface area contributed by atoms with E-state index in [9.17, 15) is 0 Å². The second-order valence-corrected chi connectivity index (χ2v) is 6.01. The van der Waals surface area contributed by atoms with Crippen LogP contribution in [0.15, 0.2) is 18.2 Å². The van der Waals surface area contributed by atoms with Crippen molar-refractivity contribution in [2.24, 2.45) is 0 Å². The molecule has 0 fully saturated rings. The van der Waals surface area contributed by atoms with Crippen LogP contribution in [-0.2, 0) is 10.8 Å². The molecule has 0 atom stereocenters. The van der Waals surface area contributed by atoms with E-state index in [2.05, 4.69) is 65.8 Å². The third kappa shape index (κ3) is 4.05. The fourth-order valence-corrected chi connectivity index (χ4v) is 1.34. The summed E-state index contributed by atoms with van der Waals surface area (Å²) < 4.78 is 0. The summed E-state index contributed by atoms with van der Waals surface area (Å²) in [5.41, 5.74) is 3.17. The Morgan fingerprint density at radius 2 is 1.13 bits per heavy atom. The summed E-state index contributed by atoms with van der Waals surface area (Å²) >= 11 is 0. The Hall–Kier alpha value is -0.183. The molecule has 0 heterocycles. The molecule has 0 aliphatic heterocycles. The van der Waals surface area contributed by atoms with E-state index >= 15 is 0 Å². The van der Waals surface area contributed by atoms with Crippen LogP contribution in [0.2, 0.25) is 0 Å². The van der Waals surface area contributed by atoms with Gasteiger partial charge in [-0.2, -0.15) is 35.4 Å². The van der Waals surface area contributed by atoms with Crippen LogP contribution in [0, 0.1) is 6.07 Å². The molecule has 1 rings (SSSR count). The van der Waals surface area contributed by atoms with Gasteiger partial charge >= 0.3 is 18.9 Å². The maximum Gasteiger partial charge on any atom is 1.00 e. The van der Waals surface area contributed by atoms with Crippen molar-refractivity contribution in [1.29, 1.82) is 0 Å². The van der Waals surface area contributed by atoms with Crippen molar-refractivity contribution >= 4 is 0 Å². The zero-order chi connectivity index (χ0) is 11.0. The second-order valence-electron chi connectivity index (χ2n) is 6.01. The molecule has 0 N–H and O–H groups in total. The van der Waals surface area contributed by atoms with E-state index in [0.29, 0.717) is 0 Å². The first kappa shape index (κ1) is 14.8. The molecule has 0 nitrogen and oxygen atoms in total. The van der Waals surface area contributed by atoms with Gasteiger partial charge in [-0.25, -0.2) is 0 Å². The van der Waals surface area contributed by atoms with E-state index in [-0.39, 0.29) is 29.7 Å². The predicted octanol–water partition coefficient (Wildman–Crippen LogP) is 1.09. The molecule has 0 spiro atoms. The van der Waals surface area contributed by atoms with Gasteiger partial charge in [0.15, 0.2) is 0 Å². The molecule has 0 unspecified atom stereocenters. The molecule has 1 aromatic rings. The van der Waals surface area contributed by atoms with Crippen molar-refractivity contribution < 1.29 is 18.9 Å². The quantitative estimate of drug-likeness (QED) is 0.430. The molecule has 15 heavy (non-hydrogen) atoms. The Morgan fingerprint density at radius 3 is 1.40 bits per heavy atom. The van der Waals surface area contributed by atoms with Crippen LogP contribution in [0.5, 0.6) is 0 Å². The van der Waals surface area contributed by atoms with Crippen molar-refractivity contribution in [3.05, 3.63) is 35.4 Å². The molecular weight excluding hydrogens is 175 g/mol. The number of hydrogen-bond donors (Lipinski definition) is 0. The molecule has 0 saturated heterocycles. The molecular formula is C14H21Li. The number of benzene rings is 1. The molecule has 0 aromatic heterocycles. The topological polar surface area (TPSA) is 0 Å². The van der Waals surface area contributed by atoms with Crippen LogP contribution in [0.3, 0.4) is 0 Å². The molecule has 0 bridgehead atoms. The number of hydrogen-bond acceptors (Lipinski definition) is 0. The Bertz CT molecular complexity index is 284. The normalized spacial score (nSPS) is 12.1. The first-order valence-electron chi connectivity index (χ1n) is 5.23. The number of rotatable bonds is 0. The minimum atomic E-state index is 0. The van der Waals surface area contributed by atoms with Crippen LogP contribution in [0.25, 0.3) is 0 Å². The van der Waals surface area contributed by atoms with Gasteiger partial charge in [0.1, 0.15) is 0 Å².